The van der Waals surface area contributed by atoms with Gasteiger partial charge in [0.25, 0.3) is 56.3 Å². The molecule has 0 unspecified atom stereocenters. The number of aromatic nitrogens is 5. The molecule has 3 aromatic heterocycles. The van der Waals surface area contributed by atoms with E-state index >= 15 is 0 Å². The lowest BCUT2D eigenvalue weighted by Crippen LogP contribution is -2.08. The standard InChI is InChI=1S/C61H61N17O20S8/c1-35-26-48(73-76-56-37(3)41(34-62)57-64-47-29-40(97-4)15-17-51(47)77(57)58(56)79)52(98-18-8-22-102(82,83)84)31-43(35)70-75-50-30-45(65-60-66-59(63-38-12-6-5-7-13-38)67-61(68-60)101-21-11-25-105(91,92)93)46(33-54(50)100-20-10-24-104(88,89)90)72-74-49-27-36(2)44(32-53(49)99-19-9-23-103(85,86)87)71-69-42-16-14-39(78(80)81)28-55(42)106(94,95)96/h5-7,12-17,26-33,79H,8-11,18-25H2,1-4H3,(H,82,83,84)(H,85,86,87)(H,88,89,90)(H,91,92,93)(H,94,95,96)(H2,63,65,66,67,68). The number of nitrogens with one attached hydrogen (secondary N) is 2. The third-order valence-corrected chi connectivity index (χ3v) is 21.8. The van der Waals surface area contributed by atoms with Crippen LogP contribution in [-0.4, -0.2) is 153 Å². The highest BCUT2D eigenvalue weighted by Gasteiger charge is 2.25. The largest absolute Gasteiger partial charge is 0.497 e. The van der Waals surface area contributed by atoms with Crippen LogP contribution in [-0.2, 0) is 50.6 Å². The van der Waals surface area contributed by atoms with Crippen LogP contribution in [0.1, 0.15) is 47.9 Å². The Bertz CT molecular complexity index is 5660. The van der Waals surface area contributed by atoms with Crippen LogP contribution in [0.25, 0.3) is 16.7 Å². The van der Waals surface area contributed by atoms with Crippen molar-refractivity contribution < 1.29 is 84.4 Å². The summed E-state index contributed by atoms with van der Waals surface area (Å²) in [4.78, 5) is 28.5. The fraction of sp³-hybridized carbons (Fsp3) is 0.262. The lowest BCUT2D eigenvalue weighted by Gasteiger charge is -2.14. The number of pyridine rings is 1. The number of methoxy groups -OCH3 is 1. The van der Waals surface area contributed by atoms with Gasteiger partial charge in [0, 0.05) is 51.1 Å². The second-order valence-corrected chi connectivity index (χ2v) is 33.5. The number of anilines is 4. The second kappa shape index (κ2) is 34.6. The fourth-order valence-electron chi connectivity index (χ4n) is 9.56. The molecule has 45 heteroatoms. The van der Waals surface area contributed by atoms with Crippen molar-refractivity contribution in [3.05, 3.63) is 135 Å². The Morgan fingerprint density at radius 2 is 1.10 bits per heavy atom. The van der Waals surface area contributed by atoms with Gasteiger partial charge < -0.3 is 25.2 Å². The second-order valence-electron chi connectivity index (χ2n) is 22.5. The number of aryl methyl sites for hydroxylation is 2. The molecule has 0 aliphatic heterocycles. The van der Waals surface area contributed by atoms with Gasteiger partial charge in [0.1, 0.15) is 50.8 Å². The van der Waals surface area contributed by atoms with Crippen LogP contribution in [0.3, 0.4) is 0 Å². The van der Waals surface area contributed by atoms with Gasteiger partial charge in [-0.2, -0.15) is 72.5 Å². The third kappa shape index (κ3) is 22.6. The van der Waals surface area contributed by atoms with Crippen LogP contribution >= 0.6 is 35.3 Å². The van der Waals surface area contributed by atoms with E-state index in [4.69, 9.17) is 9.47 Å². The number of nitro groups is 1. The number of nitrogens with zero attached hydrogens (tertiary/aromatic N) is 15. The van der Waals surface area contributed by atoms with E-state index in [0.717, 1.165) is 47.4 Å². The van der Waals surface area contributed by atoms with Crippen molar-refractivity contribution in [3.63, 3.8) is 0 Å². The molecule has 558 valence electrons. The van der Waals surface area contributed by atoms with Gasteiger partial charge in [-0.3, -0.25) is 37.3 Å². The molecule has 3 heterocycles. The Labute approximate surface area is 617 Å². The van der Waals surface area contributed by atoms with Crippen molar-refractivity contribution in [1.29, 1.82) is 5.26 Å². The SMILES string of the molecule is COc1ccc2c(c1)nc1c(C#N)c(C)c(N=Nc3cc(C)c(N=Nc4cc(Nc5nc(Nc6ccccc6)nc(SCCCS(=O)(=O)O)n5)c(N=Nc5cc(C)c(N=Nc6ccc([N+](=O)[O-])cc6S(=O)(=O)O)cc5SCCCS(=O)(=O)O)cc4SCCCS(=O)(=O)O)cc3OCCCS(=O)(=O)O)c(O)n12. The molecule has 6 aromatic carbocycles. The van der Waals surface area contributed by atoms with Crippen molar-refractivity contribution in [2.75, 3.05) is 64.6 Å². The molecule has 106 heavy (non-hydrogen) atoms. The topological polar surface area (TPSA) is 556 Å². The summed E-state index contributed by atoms with van der Waals surface area (Å²) < 4.78 is 181. The number of para-hydroxylation sites is 1. The molecule has 0 radical (unpaired) electrons. The van der Waals surface area contributed by atoms with E-state index in [9.17, 15) is 85.3 Å². The van der Waals surface area contributed by atoms with Crippen LogP contribution < -0.4 is 20.1 Å². The summed E-state index contributed by atoms with van der Waals surface area (Å²) >= 11 is 3.06. The van der Waals surface area contributed by atoms with E-state index in [-0.39, 0.29) is 144 Å². The minimum Gasteiger partial charge on any atom is -0.497 e. The van der Waals surface area contributed by atoms with E-state index in [0.29, 0.717) is 39.7 Å². The number of fused-ring (bicyclic) bond motifs is 3. The molecule has 9 aromatic rings. The minimum absolute atomic E-state index is 0.000887. The first-order valence-electron chi connectivity index (χ1n) is 30.7. The molecule has 0 saturated heterocycles. The lowest BCUT2D eigenvalue weighted by molar-refractivity contribution is -0.385. The fourth-order valence-corrected chi connectivity index (χ4v) is 15.4. The number of hydrogen-bond donors (Lipinski definition) is 8. The number of rotatable bonds is 35. The van der Waals surface area contributed by atoms with Crippen LogP contribution in [0.5, 0.6) is 17.4 Å². The highest BCUT2D eigenvalue weighted by atomic mass is 32.2. The van der Waals surface area contributed by atoms with Crippen LogP contribution in [0.15, 0.2) is 164 Å². The number of ether oxygens (including phenoxy) is 2. The first-order chi connectivity index (χ1) is 50.0. The number of hydrogen-bond acceptors (Lipinski definition) is 33. The zero-order valence-corrected chi connectivity index (χ0v) is 62.2. The molecule has 37 nitrogen and oxygen atoms in total. The maximum absolute atomic E-state index is 12.4. The highest BCUT2D eigenvalue weighted by Crippen LogP contribution is 2.46. The predicted octanol–water partition coefficient (Wildman–Crippen LogP) is 14.3. The molecular weight excluding hydrogens is 1550 g/mol. The van der Waals surface area contributed by atoms with E-state index in [1.165, 1.54) is 54.8 Å². The van der Waals surface area contributed by atoms with Gasteiger partial charge in [-0.25, -0.2) is 4.98 Å². The predicted molar refractivity (Wildman–Crippen MR) is 393 cm³/mol. The number of aromatic hydroxyl groups is 1. The van der Waals surface area contributed by atoms with Crippen molar-refractivity contribution >= 4 is 177 Å². The summed E-state index contributed by atoms with van der Waals surface area (Å²) in [6, 6.07) is 26.8. The number of azo groups is 4. The maximum Gasteiger partial charge on any atom is 0.297 e. The van der Waals surface area contributed by atoms with Gasteiger partial charge in [0.05, 0.1) is 75.4 Å². The molecule has 0 aliphatic rings. The molecule has 0 aliphatic carbocycles. The molecule has 8 N–H and O–H groups in total. The lowest BCUT2D eigenvalue weighted by atomic mass is 10.1. The highest BCUT2D eigenvalue weighted by molar-refractivity contribution is 8.00. The minimum atomic E-state index is -5.10. The normalized spacial score (nSPS) is 12.5. The van der Waals surface area contributed by atoms with Gasteiger partial charge in [0.2, 0.25) is 17.8 Å². The summed E-state index contributed by atoms with van der Waals surface area (Å²) in [7, 11) is -21.3. The maximum atomic E-state index is 12.4. The summed E-state index contributed by atoms with van der Waals surface area (Å²) in [5.41, 5.74) is 1.26. The molecule has 0 bridgehead atoms. The van der Waals surface area contributed by atoms with Gasteiger partial charge in [-0.1, -0.05) is 30.0 Å². The summed E-state index contributed by atoms with van der Waals surface area (Å²) in [6.07, 6.45) is -0.463. The molecule has 0 fully saturated rings. The quantitative estimate of drug-likeness (QED) is 0.00457. The number of thioether (sulfide) groups is 3. The van der Waals surface area contributed by atoms with Gasteiger partial charge >= 0.3 is 0 Å². The molecule has 9 rings (SSSR count). The Kier molecular flexibility index (Phi) is 26.2. The monoisotopic (exact) mass is 1610 g/mol. The number of nitriles is 1. The molecule has 0 atom stereocenters. The summed E-state index contributed by atoms with van der Waals surface area (Å²) in [5, 5.41) is 75.6. The van der Waals surface area contributed by atoms with Gasteiger partial charge in [-0.15, -0.1) is 54.2 Å². The Morgan fingerprint density at radius 3 is 1.69 bits per heavy atom. The van der Waals surface area contributed by atoms with E-state index in [1.807, 2.05) is 0 Å². The van der Waals surface area contributed by atoms with Crippen LogP contribution in [0.2, 0.25) is 0 Å². The van der Waals surface area contributed by atoms with E-state index in [1.54, 1.807) is 62.4 Å². The third-order valence-electron chi connectivity index (χ3n) is 14.6. The van der Waals surface area contributed by atoms with Gasteiger partial charge in [0.15, 0.2) is 16.5 Å². The van der Waals surface area contributed by atoms with Crippen molar-refractivity contribution in [2.24, 2.45) is 40.9 Å². The Hall–Kier alpha value is -9.83. The van der Waals surface area contributed by atoms with Crippen LogP contribution in [0, 0.1) is 42.2 Å². The molecule has 0 spiro atoms. The van der Waals surface area contributed by atoms with Gasteiger partial charge in [-0.05, 0) is 130 Å². The summed E-state index contributed by atoms with van der Waals surface area (Å²) in [5.74, 6) is -2.73. The molecule has 0 saturated carbocycles. The average molecular weight is 1610 g/mol. The number of non-ortho nitro benzene ring substituents is 1. The zero-order chi connectivity index (χ0) is 76.9. The average Bonchev–Trinajstić information content (AvgIpc) is 1.58. The Morgan fingerprint density at radius 1 is 0.575 bits per heavy atom. The van der Waals surface area contributed by atoms with Crippen molar-refractivity contribution in [3.8, 4) is 23.4 Å². The first kappa shape index (κ1) is 80.3. The number of nitro benzene ring substituents is 1. The van der Waals surface area contributed by atoms with Crippen LogP contribution in [0.4, 0.5) is 74.5 Å². The number of imidazole rings is 1. The Balaban J connectivity index is 1.20. The smallest absolute Gasteiger partial charge is 0.297 e. The van der Waals surface area contributed by atoms with Crippen molar-refractivity contribution in [1.82, 2.24) is 24.3 Å². The first-order valence-corrected chi connectivity index (χ1v) is 41.5. The molecule has 0 amide bonds. The van der Waals surface area contributed by atoms with Crippen molar-refractivity contribution in [2.45, 2.75) is 66.3 Å². The summed E-state index contributed by atoms with van der Waals surface area (Å²) in [6.45, 7) is 4.37. The zero-order valence-electron chi connectivity index (χ0n) is 55.7. The molecular formula is C61H61N17O20S8. The van der Waals surface area contributed by atoms with E-state index < -0.39 is 101 Å². The number of benzene rings is 6. The van der Waals surface area contributed by atoms with E-state index in [2.05, 4.69) is 77.6 Å².